The maximum atomic E-state index is 12.8. The Morgan fingerprint density at radius 3 is 2.59 bits per heavy atom. The van der Waals surface area contributed by atoms with Gasteiger partial charge in [-0.2, -0.15) is 5.10 Å². The van der Waals surface area contributed by atoms with Crippen molar-refractivity contribution in [3.8, 4) is 11.3 Å². The number of ketones is 1. The summed E-state index contributed by atoms with van der Waals surface area (Å²) in [7, 11) is -3.72. The third-order valence-electron chi connectivity index (χ3n) is 4.85. The first-order valence-electron chi connectivity index (χ1n) is 9.62. The van der Waals surface area contributed by atoms with Gasteiger partial charge >= 0.3 is 0 Å². The van der Waals surface area contributed by atoms with Crippen molar-refractivity contribution in [2.45, 2.75) is 4.90 Å². The quantitative estimate of drug-likeness (QED) is 0.377. The molecule has 158 valence electrons. The van der Waals surface area contributed by atoms with E-state index in [1.54, 1.807) is 59.2 Å². The average molecular weight is 461 g/mol. The van der Waals surface area contributed by atoms with Crippen molar-refractivity contribution < 1.29 is 13.2 Å². The SMILES string of the molecule is O=C(c1cccs1)c1cnn2c(-c3cccc(NS(=O)(=O)c4ccccc4)c3)ccnc12. The number of fused-ring (bicyclic) bond motifs is 1. The molecule has 0 saturated heterocycles. The summed E-state index contributed by atoms with van der Waals surface area (Å²) in [6.07, 6.45) is 3.12. The minimum Gasteiger partial charge on any atom is -0.287 e. The Morgan fingerprint density at radius 1 is 0.969 bits per heavy atom. The summed E-state index contributed by atoms with van der Waals surface area (Å²) in [5, 5.41) is 6.22. The maximum absolute atomic E-state index is 12.8. The number of hydrogen-bond acceptors (Lipinski definition) is 6. The van der Waals surface area contributed by atoms with Crippen LogP contribution in [-0.4, -0.2) is 28.8 Å². The van der Waals surface area contributed by atoms with Crippen LogP contribution < -0.4 is 4.72 Å². The molecule has 0 unspecified atom stereocenters. The van der Waals surface area contributed by atoms with Crippen molar-refractivity contribution in [2.24, 2.45) is 0 Å². The molecule has 0 radical (unpaired) electrons. The summed E-state index contributed by atoms with van der Waals surface area (Å²) in [4.78, 5) is 18.0. The second-order valence-electron chi connectivity index (χ2n) is 6.93. The highest BCUT2D eigenvalue weighted by molar-refractivity contribution is 7.92. The number of carbonyl (C=O) groups excluding carboxylic acids is 1. The predicted molar refractivity (Wildman–Crippen MR) is 123 cm³/mol. The number of benzene rings is 2. The summed E-state index contributed by atoms with van der Waals surface area (Å²) >= 11 is 1.36. The van der Waals surface area contributed by atoms with E-state index < -0.39 is 10.0 Å². The second kappa shape index (κ2) is 8.03. The van der Waals surface area contributed by atoms with Crippen LogP contribution >= 0.6 is 11.3 Å². The fraction of sp³-hybridized carbons (Fsp3) is 0. The van der Waals surface area contributed by atoms with E-state index in [4.69, 9.17) is 0 Å². The Bertz CT molecular complexity index is 1530. The summed E-state index contributed by atoms with van der Waals surface area (Å²) in [6.45, 7) is 0. The normalized spacial score (nSPS) is 11.5. The largest absolute Gasteiger partial charge is 0.287 e. The number of thiophene rings is 1. The van der Waals surface area contributed by atoms with Crippen molar-refractivity contribution in [2.75, 3.05) is 4.72 Å². The Balaban J connectivity index is 1.52. The second-order valence-corrected chi connectivity index (χ2v) is 9.56. The van der Waals surface area contributed by atoms with Gasteiger partial charge in [0.25, 0.3) is 10.0 Å². The molecule has 0 fully saturated rings. The van der Waals surface area contributed by atoms with E-state index in [1.807, 2.05) is 17.5 Å². The lowest BCUT2D eigenvalue weighted by molar-refractivity contribution is 0.104. The van der Waals surface area contributed by atoms with Gasteiger partial charge < -0.3 is 0 Å². The van der Waals surface area contributed by atoms with Crippen LogP contribution in [0.5, 0.6) is 0 Å². The minimum atomic E-state index is -3.72. The number of nitrogens with zero attached hydrogens (tertiary/aromatic N) is 3. The monoisotopic (exact) mass is 460 g/mol. The topological polar surface area (TPSA) is 93.4 Å². The summed E-state index contributed by atoms with van der Waals surface area (Å²) in [5.41, 5.74) is 2.68. The predicted octanol–water partition coefficient (Wildman–Crippen LogP) is 4.49. The molecule has 2 aromatic carbocycles. The molecule has 0 spiro atoms. The smallest absolute Gasteiger partial charge is 0.261 e. The number of rotatable bonds is 6. The fourth-order valence-electron chi connectivity index (χ4n) is 3.37. The van der Waals surface area contributed by atoms with E-state index >= 15 is 0 Å². The number of anilines is 1. The van der Waals surface area contributed by atoms with Crippen LogP contribution in [0.4, 0.5) is 5.69 Å². The average Bonchev–Trinajstić information content (AvgIpc) is 3.49. The standard InChI is InChI=1S/C23H16N4O3S2/c28-22(21-10-5-13-31-21)19-15-25-27-20(11-12-24-23(19)27)16-6-4-7-17(14-16)26-32(29,30)18-8-2-1-3-9-18/h1-15,26H. The van der Waals surface area contributed by atoms with Crippen molar-refractivity contribution >= 4 is 38.5 Å². The molecule has 5 aromatic rings. The Hall–Kier alpha value is -3.82. The molecule has 1 N–H and O–H groups in total. The molecule has 3 aromatic heterocycles. The minimum absolute atomic E-state index is 0.135. The van der Waals surface area contributed by atoms with Crippen LogP contribution in [0.2, 0.25) is 0 Å². The van der Waals surface area contributed by atoms with Gasteiger partial charge in [-0.05, 0) is 41.8 Å². The van der Waals surface area contributed by atoms with E-state index in [2.05, 4.69) is 14.8 Å². The van der Waals surface area contributed by atoms with Crippen molar-refractivity contribution in [3.63, 3.8) is 0 Å². The summed E-state index contributed by atoms with van der Waals surface area (Å²) < 4.78 is 29.6. The van der Waals surface area contributed by atoms with Gasteiger partial charge in [0, 0.05) is 17.4 Å². The number of hydrogen-bond donors (Lipinski definition) is 1. The zero-order chi connectivity index (χ0) is 22.1. The molecule has 9 heteroatoms. The highest BCUT2D eigenvalue weighted by atomic mass is 32.2. The number of carbonyl (C=O) groups is 1. The number of aromatic nitrogens is 3. The highest BCUT2D eigenvalue weighted by Crippen LogP contribution is 2.26. The van der Waals surface area contributed by atoms with Gasteiger partial charge in [0.2, 0.25) is 5.78 Å². The van der Waals surface area contributed by atoms with Crippen molar-refractivity contribution in [3.05, 3.63) is 101 Å². The molecule has 3 heterocycles. The lowest BCUT2D eigenvalue weighted by Crippen LogP contribution is -2.12. The zero-order valence-electron chi connectivity index (χ0n) is 16.5. The van der Waals surface area contributed by atoms with E-state index in [9.17, 15) is 13.2 Å². The molecule has 0 aliphatic carbocycles. The molecule has 0 amide bonds. The van der Waals surface area contributed by atoms with Crippen molar-refractivity contribution in [1.29, 1.82) is 0 Å². The van der Waals surface area contributed by atoms with Gasteiger partial charge in [0.1, 0.15) is 0 Å². The molecular weight excluding hydrogens is 444 g/mol. The van der Waals surface area contributed by atoms with E-state index in [0.29, 0.717) is 27.5 Å². The lowest BCUT2D eigenvalue weighted by atomic mass is 10.1. The molecule has 0 aliphatic heterocycles. The molecule has 5 rings (SSSR count). The molecular formula is C23H16N4O3S2. The van der Waals surface area contributed by atoms with Crippen LogP contribution in [0.1, 0.15) is 15.2 Å². The summed E-state index contributed by atoms with van der Waals surface area (Å²) in [5.74, 6) is -0.135. The van der Waals surface area contributed by atoms with Crippen LogP contribution in [-0.2, 0) is 10.0 Å². The molecule has 0 atom stereocenters. The van der Waals surface area contributed by atoms with Crippen LogP contribution in [0.3, 0.4) is 0 Å². The molecule has 7 nitrogen and oxygen atoms in total. The van der Waals surface area contributed by atoms with Crippen LogP contribution in [0.15, 0.2) is 95.5 Å². The molecule has 0 aliphatic rings. The maximum Gasteiger partial charge on any atom is 0.261 e. The van der Waals surface area contributed by atoms with Gasteiger partial charge in [0.15, 0.2) is 5.65 Å². The van der Waals surface area contributed by atoms with Gasteiger partial charge in [-0.25, -0.2) is 17.9 Å². The van der Waals surface area contributed by atoms with Gasteiger partial charge in [0.05, 0.1) is 27.2 Å². The first-order valence-corrected chi connectivity index (χ1v) is 12.0. The Kier molecular flexibility index (Phi) is 5.04. The van der Waals surface area contributed by atoms with Gasteiger partial charge in [-0.15, -0.1) is 11.3 Å². The van der Waals surface area contributed by atoms with Crippen molar-refractivity contribution in [1.82, 2.24) is 14.6 Å². The van der Waals surface area contributed by atoms with Crippen LogP contribution in [0, 0.1) is 0 Å². The fourth-order valence-corrected chi connectivity index (χ4v) is 5.11. The first kappa shape index (κ1) is 20.1. The highest BCUT2D eigenvalue weighted by Gasteiger charge is 2.19. The van der Waals surface area contributed by atoms with E-state index in [0.717, 1.165) is 5.56 Å². The van der Waals surface area contributed by atoms with Gasteiger partial charge in [-0.3, -0.25) is 9.52 Å². The Morgan fingerprint density at radius 2 is 1.81 bits per heavy atom. The third-order valence-corrected chi connectivity index (χ3v) is 7.12. The molecule has 32 heavy (non-hydrogen) atoms. The zero-order valence-corrected chi connectivity index (χ0v) is 18.2. The van der Waals surface area contributed by atoms with Gasteiger partial charge in [-0.1, -0.05) is 36.4 Å². The first-order chi connectivity index (χ1) is 15.5. The summed E-state index contributed by atoms with van der Waals surface area (Å²) in [6, 6.07) is 20.5. The molecule has 0 saturated carbocycles. The lowest BCUT2D eigenvalue weighted by Gasteiger charge is -2.10. The number of sulfonamides is 1. The molecule has 0 bridgehead atoms. The van der Waals surface area contributed by atoms with E-state index in [1.165, 1.54) is 29.7 Å². The van der Waals surface area contributed by atoms with E-state index in [-0.39, 0.29) is 10.7 Å². The Labute approximate surface area is 188 Å². The number of nitrogens with one attached hydrogen (secondary N) is 1. The van der Waals surface area contributed by atoms with Crippen LogP contribution in [0.25, 0.3) is 16.9 Å². The third kappa shape index (κ3) is 3.68.